The quantitative estimate of drug-likeness (QED) is 0.0261. The van der Waals surface area contributed by atoms with Gasteiger partial charge in [-0.25, -0.2) is 0 Å². The van der Waals surface area contributed by atoms with Crippen molar-refractivity contribution in [2.24, 2.45) is 0 Å². The molecule has 72 heavy (non-hydrogen) atoms. The van der Waals surface area contributed by atoms with Crippen LogP contribution in [0.3, 0.4) is 0 Å². The molecule has 0 spiro atoms. The minimum absolute atomic E-state index is 0.0980. The normalized spacial score (nSPS) is 12.3. The van der Waals surface area contributed by atoms with Gasteiger partial charge >= 0.3 is 17.9 Å². The smallest absolute Gasteiger partial charge is 0.306 e. The first kappa shape index (κ1) is 69.4. The van der Waals surface area contributed by atoms with E-state index in [9.17, 15) is 14.4 Å². The summed E-state index contributed by atoms with van der Waals surface area (Å²) < 4.78 is 16.7. The highest BCUT2D eigenvalue weighted by atomic mass is 16.6. The van der Waals surface area contributed by atoms with E-state index in [1.54, 1.807) is 0 Å². The number of hydrogen-bond acceptors (Lipinski definition) is 6. The fraction of sp³-hybridized carbons (Fsp3) is 0.833. The van der Waals surface area contributed by atoms with Crippen molar-refractivity contribution in [2.75, 3.05) is 13.2 Å². The Morgan fingerprint density at radius 1 is 0.292 bits per heavy atom. The SMILES string of the molecule is CC/C=C\C/C=C\C/C=C\C/C=C\CCC(=O)OC(COC(=O)CCCCCCCCCC)COC(=O)CCCCCCCCCCCCCCCCCCCCCCCCCCCCCCCCCCC. The first-order valence-electron chi connectivity index (χ1n) is 31.6. The number of ether oxygens (including phenoxy) is 3. The minimum Gasteiger partial charge on any atom is -0.462 e. The van der Waals surface area contributed by atoms with Crippen LogP contribution in [0.1, 0.15) is 335 Å². The summed E-state index contributed by atoms with van der Waals surface area (Å²) in [4.78, 5) is 37.9. The second-order valence-corrected chi connectivity index (χ2v) is 21.3. The van der Waals surface area contributed by atoms with Gasteiger partial charge in [-0.2, -0.15) is 0 Å². The van der Waals surface area contributed by atoms with Crippen LogP contribution in [-0.4, -0.2) is 37.2 Å². The summed E-state index contributed by atoms with van der Waals surface area (Å²) in [5.74, 6) is -0.972. The molecule has 0 aromatic carbocycles. The van der Waals surface area contributed by atoms with Crippen molar-refractivity contribution in [3.63, 3.8) is 0 Å². The van der Waals surface area contributed by atoms with Crippen LogP contribution in [0.15, 0.2) is 48.6 Å². The van der Waals surface area contributed by atoms with Gasteiger partial charge in [0.2, 0.25) is 0 Å². The van der Waals surface area contributed by atoms with Gasteiger partial charge in [0.25, 0.3) is 0 Å². The molecule has 0 aliphatic carbocycles. The lowest BCUT2D eigenvalue weighted by molar-refractivity contribution is -0.166. The van der Waals surface area contributed by atoms with Crippen molar-refractivity contribution in [3.8, 4) is 0 Å². The van der Waals surface area contributed by atoms with Crippen LogP contribution in [0.25, 0.3) is 0 Å². The third-order valence-corrected chi connectivity index (χ3v) is 14.1. The van der Waals surface area contributed by atoms with Gasteiger partial charge in [-0.05, 0) is 44.9 Å². The van der Waals surface area contributed by atoms with E-state index >= 15 is 0 Å². The second kappa shape index (κ2) is 60.9. The zero-order valence-electron chi connectivity index (χ0n) is 48.2. The van der Waals surface area contributed by atoms with Gasteiger partial charge in [-0.15, -0.1) is 0 Å². The van der Waals surface area contributed by atoms with Gasteiger partial charge in [0.05, 0.1) is 0 Å². The molecule has 0 bridgehead atoms. The summed E-state index contributed by atoms with van der Waals surface area (Å²) in [7, 11) is 0. The third-order valence-electron chi connectivity index (χ3n) is 14.1. The standard InChI is InChI=1S/C66H120O6/c1-4-7-10-13-16-19-21-23-24-25-26-27-28-29-30-31-32-33-34-35-36-37-38-39-40-41-42-44-45-47-50-53-56-59-65(68)71-62-63(61-70-64(67)58-55-52-49-18-15-12-9-6-3)72-66(69)60-57-54-51-48-46-43-22-20-17-14-11-8-5-2/h8,11,17,20,43,46,51,54,63H,4-7,9-10,12-16,18-19,21-42,44-45,47-50,52-53,55-62H2,1-3H3/b11-8-,20-17-,46-43-,54-51-. The number of carbonyl (C=O) groups excluding carboxylic acids is 3. The zero-order chi connectivity index (χ0) is 52.2. The molecule has 0 heterocycles. The molecule has 0 amide bonds. The fourth-order valence-electron chi connectivity index (χ4n) is 9.40. The molecule has 1 unspecified atom stereocenters. The lowest BCUT2D eigenvalue weighted by atomic mass is 10.0. The molecule has 420 valence electrons. The van der Waals surface area contributed by atoms with Crippen LogP contribution in [0.2, 0.25) is 0 Å². The van der Waals surface area contributed by atoms with Gasteiger partial charge in [0.1, 0.15) is 13.2 Å². The monoisotopic (exact) mass is 1010 g/mol. The van der Waals surface area contributed by atoms with Gasteiger partial charge in [0.15, 0.2) is 6.10 Å². The summed E-state index contributed by atoms with van der Waals surface area (Å²) in [6.07, 6.45) is 76.2. The number of unbranched alkanes of at least 4 members (excludes halogenated alkanes) is 39. The zero-order valence-corrected chi connectivity index (χ0v) is 48.2. The maximum atomic E-state index is 12.7. The summed E-state index contributed by atoms with van der Waals surface area (Å²) in [6.45, 7) is 6.47. The Labute approximate surface area is 448 Å². The highest BCUT2D eigenvalue weighted by Crippen LogP contribution is 2.18. The molecule has 0 saturated carbocycles. The summed E-state index contributed by atoms with van der Waals surface area (Å²) in [5, 5.41) is 0. The Hall–Kier alpha value is -2.63. The Balaban J connectivity index is 3.97. The van der Waals surface area contributed by atoms with E-state index in [0.717, 1.165) is 64.2 Å². The van der Waals surface area contributed by atoms with E-state index in [1.807, 2.05) is 6.08 Å². The highest BCUT2D eigenvalue weighted by Gasteiger charge is 2.19. The van der Waals surface area contributed by atoms with Gasteiger partial charge < -0.3 is 14.2 Å². The van der Waals surface area contributed by atoms with E-state index in [2.05, 4.69) is 63.3 Å². The lowest BCUT2D eigenvalue weighted by Crippen LogP contribution is -2.30. The van der Waals surface area contributed by atoms with Crippen LogP contribution < -0.4 is 0 Å². The van der Waals surface area contributed by atoms with Crippen molar-refractivity contribution in [2.45, 2.75) is 341 Å². The average molecular weight is 1010 g/mol. The predicted octanol–water partition coefficient (Wildman–Crippen LogP) is 21.4. The second-order valence-electron chi connectivity index (χ2n) is 21.3. The molecular formula is C66H120O6. The molecule has 0 aromatic heterocycles. The average Bonchev–Trinajstić information content (AvgIpc) is 3.38. The van der Waals surface area contributed by atoms with Crippen LogP contribution in [-0.2, 0) is 28.6 Å². The first-order valence-corrected chi connectivity index (χ1v) is 31.6. The fourth-order valence-corrected chi connectivity index (χ4v) is 9.40. The summed E-state index contributed by atoms with van der Waals surface area (Å²) >= 11 is 0. The number of allylic oxidation sites excluding steroid dienone is 8. The van der Waals surface area contributed by atoms with Crippen LogP contribution >= 0.6 is 0 Å². The van der Waals surface area contributed by atoms with E-state index in [1.165, 1.54) is 225 Å². The molecule has 0 aromatic rings. The summed E-state index contributed by atoms with van der Waals surface area (Å²) in [6, 6.07) is 0. The predicted molar refractivity (Wildman–Crippen MR) is 312 cm³/mol. The molecule has 0 aliphatic heterocycles. The van der Waals surface area contributed by atoms with E-state index in [0.29, 0.717) is 19.3 Å². The summed E-state index contributed by atoms with van der Waals surface area (Å²) in [5.41, 5.74) is 0. The van der Waals surface area contributed by atoms with Gasteiger partial charge in [-0.3, -0.25) is 14.4 Å². The highest BCUT2D eigenvalue weighted by molar-refractivity contribution is 5.71. The number of hydrogen-bond donors (Lipinski definition) is 0. The molecule has 0 radical (unpaired) electrons. The molecule has 0 aliphatic rings. The van der Waals surface area contributed by atoms with E-state index in [-0.39, 0.29) is 37.5 Å². The molecule has 0 N–H and O–H groups in total. The van der Waals surface area contributed by atoms with Crippen molar-refractivity contribution >= 4 is 17.9 Å². The Morgan fingerprint density at radius 3 is 0.819 bits per heavy atom. The van der Waals surface area contributed by atoms with Crippen LogP contribution in [0.4, 0.5) is 0 Å². The number of rotatable bonds is 58. The van der Waals surface area contributed by atoms with E-state index < -0.39 is 6.10 Å². The minimum atomic E-state index is -0.806. The lowest BCUT2D eigenvalue weighted by Gasteiger charge is -2.18. The van der Waals surface area contributed by atoms with Gasteiger partial charge in [-0.1, -0.05) is 320 Å². The molecule has 1 atom stereocenters. The molecular weight excluding hydrogens is 889 g/mol. The Bertz CT molecular complexity index is 1250. The maximum absolute atomic E-state index is 12.7. The van der Waals surface area contributed by atoms with Crippen molar-refractivity contribution in [1.82, 2.24) is 0 Å². The molecule has 0 fully saturated rings. The molecule has 6 heteroatoms. The molecule has 0 saturated heterocycles. The molecule has 0 rings (SSSR count). The van der Waals surface area contributed by atoms with Crippen LogP contribution in [0, 0.1) is 0 Å². The van der Waals surface area contributed by atoms with E-state index in [4.69, 9.17) is 14.2 Å². The number of carbonyl (C=O) groups is 3. The topological polar surface area (TPSA) is 78.9 Å². The van der Waals surface area contributed by atoms with Gasteiger partial charge in [0, 0.05) is 19.3 Å². The Kier molecular flexibility index (Phi) is 58.7. The van der Waals surface area contributed by atoms with Crippen molar-refractivity contribution in [3.05, 3.63) is 48.6 Å². The van der Waals surface area contributed by atoms with Crippen molar-refractivity contribution < 1.29 is 28.6 Å². The maximum Gasteiger partial charge on any atom is 0.306 e. The number of esters is 3. The Morgan fingerprint density at radius 2 is 0.542 bits per heavy atom. The first-order chi connectivity index (χ1) is 35.5. The third kappa shape index (κ3) is 58.3. The largest absolute Gasteiger partial charge is 0.462 e. The molecule has 6 nitrogen and oxygen atoms in total. The van der Waals surface area contributed by atoms with Crippen LogP contribution in [0.5, 0.6) is 0 Å². The van der Waals surface area contributed by atoms with Crippen molar-refractivity contribution in [1.29, 1.82) is 0 Å².